The third-order valence-electron chi connectivity index (χ3n) is 5.16. The van der Waals surface area contributed by atoms with E-state index in [0.717, 1.165) is 19.4 Å². The van der Waals surface area contributed by atoms with Crippen LogP contribution < -0.4 is 5.32 Å². The number of aryl methyl sites for hydroxylation is 1. The van der Waals surface area contributed by atoms with E-state index in [1.54, 1.807) is 7.05 Å². The molecule has 0 saturated carbocycles. The number of hydrazone groups is 1. The van der Waals surface area contributed by atoms with E-state index in [4.69, 9.17) is 0 Å². The lowest BCUT2D eigenvalue weighted by Gasteiger charge is -2.39. The number of nitrogens with zero attached hydrogens (tertiary/aromatic N) is 5. The Balaban J connectivity index is 1.66. The summed E-state index contributed by atoms with van der Waals surface area (Å²) < 4.78 is 2.05. The average molecular weight is 346 g/mol. The lowest BCUT2D eigenvalue weighted by molar-refractivity contribution is -0.130. The molecule has 1 aromatic heterocycles. The van der Waals surface area contributed by atoms with Crippen molar-refractivity contribution in [3.8, 4) is 0 Å². The fourth-order valence-electron chi connectivity index (χ4n) is 3.75. The topological polar surface area (TPSA) is 82.8 Å². The number of likely N-dealkylation sites (tertiary alicyclic amines) is 1. The molecule has 1 N–H and O–H groups in total. The lowest BCUT2D eigenvalue weighted by atomic mass is 9.87. The molecule has 0 aliphatic carbocycles. The molecule has 1 aromatic rings. The van der Waals surface area contributed by atoms with Crippen LogP contribution in [-0.4, -0.2) is 64.2 Å². The zero-order chi connectivity index (χ0) is 18.0. The predicted molar refractivity (Wildman–Crippen MR) is 93.8 cm³/mol. The van der Waals surface area contributed by atoms with Crippen LogP contribution in [-0.2, 0) is 16.6 Å². The van der Waals surface area contributed by atoms with Crippen molar-refractivity contribution >= 4 is 17.5 Å². The molecule has 0 bridgehead atoms. The molecule has 2 aliphatic heterocycles. The van der Waals surface area contributed by atoms with Crippen LogP contribution in [0.1, 0.15) is 37.4 Å². The zero-order valence-corrected chi connectivity index (χ0v) is 15.1. The molecular weight excluding hydrogens is 320 g/mol. The molecule has 1 fully saturated rings. The van der Waals surface area contributed by atoms with Crippen LogP contribution in [0.2, 0.25) is 0 Å². The monoisotopic (exact) mass is 346 g/mol. The Labute approximate surface area is 147 Å². The van der Waals surface area contributed by atoms with Gasteiger partial charge in [-0.25, -0.2) is 9.99 Å². The molecule has 0 spiro atoms. The first-order chi connectivity index (χ1) is 12.0. The Morgan fingerprint density at radius 3 is 2.80 bits per heavy atom. The van der Waals surface area contributed by atoms with Crippen LogP contribution in [0, 0.1) is 5.92 Å². The molecule has 8 heteroatoms. The molecule has 2 aliphatic rings. The Hall–Kier alpha value is -2.22. The summed E-state index contributed by atoms with van der Waals surface area (Å²) in [5.41, 5.74) is 1.60. The van der Waals surface area contributed by atoms with Crippen molar-refractivity contribution < 1.29 is 9.59 Å². The minimum atomic E-state index is -0.170. The largest absolute Gasteiger partial charge is 0.351 e. The highest BCUT2D eigenvalue weighted by Crippen LogP contribution is 2.34. The Morgan fingerprint density at radius 2 is 2.12 bits per heavy atom. The molecule has 3 heterocycles. The van der Waals surface area contributed by atoms with Gasteiger partial charge in [0.15, 0.2) is 0 Å². The Morgan fingerprint density at radius 1 is 1.32 bits per heavy atom. The molecule has 8 nitrogen and oxygen atoms in total. The smallest absolute Gasteiger partial charge is 0.267 e. The van der Waals surface area contributed by atoms with E-state index in [0.29, 0.717) is 31.0 Å². The van der Waals surface area contributed by atoms with E-state index < -0.39 is 0 Å². The number of piperidine rings is 1. The van der Waals surface area contributed by atoms with Crippen molar-refractivity contribution in [2.45, 2.75) is 31.7 Å². The summed E-state index contributed by atoms with van der Waals surface area (Å²) in [6, 6.07) is 0.235. The molecule has 0 aromatic carbocycles. The molecule has 25 heavy (non-hydrogen) atoms. The van der Waals surface area contributed by atoms with Gasteiger partial charge in [-0.3, -0.25) is 14.5 Å². The van der Waals surface area contributed by atoms with E-state index in [-0.39, 0.29) is 17.9 Å². The minimum absolute atomic E-state index is 0.0540. The highest BCUT2D eigenvalue weighted by molar-refractivity contribution is 6.39. The van der Waals surface area contributed by atoms with E-state index in [9.17, 15) is 9.59 Å². The molecule has 0 unspecified atom stereocenters. The number of hydrogen-bond donors (Lipinski definition) is 1. The first-order valence-corrected chi connectivity index (χ1v) is 8.76. The Bertz CT molecular complexity index is 682. The summed E-state index contributed by atoms with van der Waals surface area (Å²) in [5.74, 6) is 0.0970. The number of imidazole rings is 1. The number of aromatic nitrogens is 2. The van der Waals surface area contributed by atoms with E-state index >= 15 is 0 Å². The highest BCUT2D eigenvalue weighted by Gasteiger charge is 2.33. The number of carbonyl (C=O) groups is 2. The van der Waals surface area contributed by atoms with Crippen LogP contribution >= 0.6 is 0 Å². The van der Waals surface area contributed by atoms with E-state index in [1.807, 2.05) is 24.1 Å². The average Bonchev–Trinajstić information content (AvgIpc) is 3.00. The van der Waals surface area contributed by atoms with Crippen molar-refractivity contribution in [1.29, 1.82) is 0 Å². The van der Waals surface area contributed by atoms with Gasteiger partial charge in [-0.15, -0.1) is 0 Å². The molecular formula is C17H26N6O2. The van der Waals surface area contributed by atoms with Crippen molar-refractivity contribution in [2.24, 2.45) is 18.1 Å². The number of hydrogen-bond acceptors (Lipinski definition) is 5. The molecule has 136 valence electrons. The number of amides is 2. The van der Waals surface area contributed by atoms with Crippen LogP contribution in [0.25, 0.3) is 0 Å². The molecule has 0 radical (unpaired) electrons. The van der Waals surface area contributed by atoms with Gasteiger partial charge in [0.1, 0.15) is 5.71 Å². The maximum Gasteiger partial charge on any atom is 0.267 e. The van der Waals surface area contributed by atoms with Gasteiger partial charge in [0.2, 0.25) is 5.91 Å². The maximum absolute atomic E-state index is 12.4. The number of nitrogens with one attached hydrogen (secondary N) is 1. The van der Waals surface area contributed by atoms with Crippen molar-refractivity contribution in [2.75, 3.05) is 27.2 Å². The van der Waals surface area contributed by atoms with Gasteiger partial charge < -0.3 is 9.88 Å². The van der Waals surface area contributed by atoms with Crippen molar-refractivity contribution in [1.82, 2.24) is 24.8 Å². The Kier molecular flexibility index (Phi) is 5.17. The van der Waals surface area contributed by atoms with Gasteiger partial charge in [-0.05, 0) is 32.4 Å². The second-order valence-corrected chi connectivity index (χ2v) is 6.93. The van der Waals surface area contributed by atoms with Gasteiger partial charge in [0, 0.05) is 39.7 Å². The third-order valence-corrected chi connectivity index (χ3v) is 5.16. The summed E-state index contributed by atoms with van der Waals surface area (Å²) in [5, 5.41) is 8.37. The van der Waals surface area contributed by atoms with Crippen LogP contribution in [0.15, 0.2) is 17.6 Å². The first kappa shape index (κ1) is 17.6. The normalized spacial score (nSPS) is 25.0. The second-order valence-electron chi connectivity index (χ2n) is 6.93. The summed E-state index contributed by atoms with van der Waals surface area (Å²) >= 11 is 0. The molecule has 2 atom stereocenters. The molecule has 2 amide bonds. The van der Waals surface area contributed by atoms with Crippen LogP contribution in [0.5, 0.6) is 0 Å². The fourth-order valence-corrected chi connectivity index (χ4v) is 3.75. The SMILES string of the molecule is CN1N=C(C(=O)NC[C@@H]2CCCN(C)[C@H]2c2cncn2C)CCC1=O. The summed E-state index contributed by atoms with van der Waals surface area (Å²) in [6.07, 6.45) is 6.65. The molecule has 3 rings (SSSR count). The van der Waals surface area contributed by atoms with E-state index in [1.165, 1.54) is 10.7 Å². The number of rotatable bonds is 4. The minimum Gasteiger partial charge on any atom is -0.351 e. The maximum atomic E-state index is 12.4. The second kappa shape index (κ2) is 7.35. The van der Waals surface area contributed by atoms with Gasteiger partial charge in [-0.1, -0.05) is 0 Å². The summed E-state index contributed by atoms with van der Waals surface area (Å²) in [4.78, 5) is 30.5. The van der Waals surface area contributed by atoms with Crippen LogP contribution in [0.3, 0.4) is 0 Å². The zero-order valence-electron chi connectivity index (χ0n) is 15.1. The standard InChI is InChI=1S/C17H26N6O2/c1-21-8-4-5-12(16(21)14-10-18-11-22(14)2)9-19-17(25)13-6-7-15(24)23(3)20-13/h10-12,16H,4-9H2,1-3H3,(H,19,25)/t12-,16+/m0/s1. The van der Waals surface area contributed by atoms with Gasteiger partial charge in [0.25, 0.3) is 5.91 Å². The van der Waals surface area contributed by atoms with Crippen molar-refractivity contribution in [3.63, 3.8) is 0 Å². The lowest BCUT2D eigenvalue weighted by Crippen LogP contribution is -2.44. The third kappa shape index (κ3) is 3.73. The fraction of sp³-hybridized carbons (Fsp3) is 0.647. The van der Waals surface area contributed by atoms with Gasteiger partial charge >= 0.3 is 0 Å². The van der Waals surface area contributed by atoms with Crippen molar-refractivity contribution in [3.05, 3.63) is 18.2 Å². The van der Waals surface area contributed by atoms with E-state index in [2.05, 4.69) is 27.3 Å². The molecule has 1 saturated heterocycles. The van der Waals surface area contributed by atoms with Crippen LogP contribution in [0.4, 0.5) is 0 Å². The van der Waals surface area contributed by atoms with Gasteiger partial charge in [-0.2, -0.15) is 5.10 Å². The van der Waals surface area contributed by atoms with Gasteiger partial charge in [0.05, 0.1) is 18.1 Å². The first-order valence-electron chi connectivity index (χ1n) is 8.76. The number of carbonyl (C=O) groups excluding carboxylic acids is 2. The summed E-state index contributed by atoms with van der Waals surface area (Å²) in [6.45, 7) is 1.63. The predicted octanol–water partition coefficient (Wildman–Crippen LogP) is 0.527. The quantitative estimate of drug-likeness (QED) is 0.862. The highest BCUT2D eigenvalue weighted by atomic mass is 16.2. The summed E-state index contributed by atoms with van der Waals surface area (Å²) in [7, 11) is 5.71.